The minimum absolute atomic E-state index is 0.292. The number of aliphatic hydroxyl groups is 1. The van der Waals surface area contributed by atoms with Gasteiger partial charge in [-0.2, -0.15) is 0 Å². The fourth-order valence-electron chi connectivity index (χ4n) is 2.81. The van der Waals surface area contributed by atoms with Gasteiger partial charge in [-0.15, -0.1) is 11.3 Å². The number of guanidine groups is 1. The van der Waals surface area contributed by atoms with Crippen LogP contribution < -0.4 is 20.1 Å². The van der Waals surface area contributed by atoms with Gasteiger partial charge < -0.3 is 25.2 Å². The summed E-state index contributed by atoms with van der Waals surface area (Å²) < 4.78 is 11.3. The molecule has 2 rings (SSSR count). The minimum atomic E-state index is -0.974. The molecule has 2 aromatic rings. The molecule has 1 unspecified atom stereocenters. The van der Waals surface area contributed by atoms with Crippen LogP contribution in [0.3, 0.4) is 0 Å². The van der Waals surface area contributed by atoms with E-state index in [-0.39, 0.29) is 0 Å². The number of thiophene rings is 1. The van der Waals surface area contributed by atoms with Crippen molar-refractivity contribution in [1.82, 2.24) is 10.6 Å². The van der Waals surface area contributed by atoms with Crippen LogP contribution in [0.25, 0.3) is 0 Å². The normalized spacial score (nSPS) is 13.6. The number of aliphatic imine (C=N–C) groups is 1. The number of hydrogen-bond acceptors (Lipinski definition) is 5. The summed E-state index contributed by atoms with van der Waals surface area (Å²) in [4.78, 5) is 5.48. The zero-order valence-electron chi connectivity index (χ0n) is 17.8. The Kier molecular flexibility index (Phi) is 9.28. The number of ether oxygens (including phenoxy) is 2. The van der Waals surface area contributed by atoms with Crippen molar-refractivity contribution >= 4 is 17.3 Å². The van der Waals surface area contributed by atoms with E-state index in [9.17, 15) is 5.11 Å². The second kappa shape index (κ2) is 11.7. The van der Waals surface area contributed by atoms with Crippen LogP contribution in [-0.4, -0.2) is 43.9 Å². The third-order valence-electron chi connectivity index (χ3n) is 4.26. The van der Waals surface area contributed by atoms with Crippen molar-refractivity contribution in [2.45, 2.75) is 39.7 Å². The molecule has 0 radical (unpaired) electrons. The van der Waals surface area contributed by atoms with E-state index in [0.717, 1.165) is 34.9 Å². The largest absolute Gasteiger partial charge is 0.490 e. The Morgan fingerprint density at radius 1 is 1.10 bits per heavy atom. The fraction of sp³-hybridized carbons (Fsp3) is 0.500. The van der Waals surface area contributed by atoms with Gasteiger partial charge in [-0.25, -0.2) is 4.99 Å². The van der Waals surface area contributed by atoms with Crippen molar-refractivity contribution in [3.8, 4) is 11.5 Å². The Morgan fingerprint density at radius 3 is 2.52 bits per heavy atom. The van der Waals surface area contributed by atoms with Crippen LogP contribution in [-0.2, 0) is 12.0 Å². The second-order valence-electron chi connectivity index (χ2n) is 6.77. The zero-order chi connectivity index (χ0) is 21.1. The SMILES string of the molecule is CCNC(=NCC(C)(O)c1cccs1)NCCc1ccc(OCC)c(OCC)c1. The average Bonchev–Trinajstić information content (AvgIpc) is 3.24. The van der Waals surface area contributed by atoms with Gasteiger partial charge in [-0.05, 0) is 63.3 Å². The molecule has 0 spiro atoms. The summed E-state index contributed by atoms with van der Waals surface area (Å²) in [5, 5.41) is 19.2. The molecule has 1 heterocycles. The van der Waals surface area contributed by atoms with E-state index in [1.807, 2.05) is 50.4 Å². The number of nitrogens with one attached hydrogen (secondary N) is 2. The average molecular weight is 420 g/mol. The molecule has 0 aliphatic carbocycles. The second-order valence-corrected chi connectivity index (χ2v) is 7.72. The van der Waals surface area contributed by atoms with Gasteiger partial charge in [0.2, 0.25) is 0 Å². The molecule has 0 amide bonds. The van der Waals surface area contributed by atoms with Gasteiger partial charge in [0.1, 0.15) is 5.60 Å². The molecule has 0 fully saturated rings. The van der Waals surface area contributed by atoms with Crippen LogP contribution in [0.5, 0.6) is 11.5 Å². The summed E-state index contributed by atoms with van der Waals surface area (Å²) in [6.45, 7) is 10.7. The maximum absolute atomic E-state index is 10.7. The topological polar surface area (TPSA) is 75.1 Å². The lowest BCUT2D eigenvalue weighted by molar-refractivity contribution is 0.0711. The van der Waals surface area contributed by atoms with E-state index < -0.39 is 5.60 Å². The van der Waals surface area contributed by atoms with Crippen LogP contribution >= 0.6 is 11.3 Å². The van der Waals surface area contributed by atoms with Crippen molar-refractivity contribution in [3.63, 3.8) is 0 Å². The summed E-state index contributed by atoms with van der Waals surface area (Å²) in [6, 6.07) is 9.92. The Bertz CT molecular complexity index is 761. The third-order valence-corrected chi connectivity index (χ3v) is 5.38. The molecule has 0 saturated heterocycles. The summed E-state index contributed by atoms with van der Waals surface area (Å²) in [6.07, 6.45) is 0.818. The lowest BCUT2D eigenvalue weighted by Crippen LogP contribution is -2.39. The van der Waals surface area contributed by atoms with E-state index in [1.165, 1.54) is 11.3 Å². The molecule has 0 aliphatic heterocycles. The molecule has 1 aromatic carbocycles. The van der Waals surface area contributed by atoms with E-state index in [1.54, 1.807) is 6.92 Å². The summed E-state index contributed by atoms with van der Waals surface area (Å²) in [5.74, 6) is 2.25. The predicted molar refractivity (Wildman–Crippen MR) is 120 cm³/mol. The van der Waals surface area contributed by atoms with Crippen LogP contribution in [0, 0.1) is 0 Å². The van der Waals surface area contributed by atoms with E-state index in [0.29, 0.717) is 32.3 Å². The Morgan fingerprint density at radius 2 is 1.86 bits per heavy atom. The van der Waals surface area contributed by atoms with E-state index in [2.05, 4.69) is 21.7 Å². The predicted octanol–water partition coefficient (Wildman–Crippen LogP) is 3.55. The van der Waals surface area contributed by atoms with Crippen LogP contribution in [0.2, 0.25) is 0 Å². The molecule has 29 heavy (non-hydrogen) atoms. The van der Waals surface area contributed by atoms with Gasteiger partial charge in [-0.3, -0.25) is 0 Å². The molecule has 1 atom stereocenters. The number of rotatable bonds is 11. The van der Waals surface area contributed by atoms with Crippen LogP contribution in [0.1, 0.15) is 38.1 Å². The van der Waals surface area contributed by atoms with E-state index >= 15 is 0 Å². The molecule has 3 N–H and O–H groups in total. The van der Waals surface area contributed by atoms with E-state index in [4.69, 9.17) is 9.47 Å². The molecular weight excluding hydrogens is 386 g/mol. The van der Waals surface area contributed by atoms with Crippen LogP contribution in [0.4, 0.5) is 0 Å². The third kappa shape index (κ3) is 7.25. The van der Waals surface area contributed by atoms with Crippen molar-refractivity contribution in [2.75, 3.05) is 32.8 Å². The first kappa shape index (κ1) is 23.0. The van der Waals surface area contributed by atoms with Gasteiger partial charge in [0.25, 0.3) is 0 Å². The van der Waals surface area contributed by atoms with Crippen molar-refractivity contribution in [2.24, 2.45) is 4.99 Å². The minimum Gasteiger partial charge on any atom is -0.490 e. The van der Waals surface area contributed by atoms with Crippen LogP contribution in [0.15, 0.2) is 40.7 Å². The first-order valence-electron chi connectivity index (χ1n) is 10.2. The van der Waals surface area contributed by atoms with Gasteiger partial charge in [-0.1, -0.05) is 12.1 Å². The summed E-state index contributed by atoms with van der Waals surface area (Å²) in [5.41, 5.74) is 0.184. The first-order chi connectivity index (χ1) is 14.0. The highest BCUT2D eigenvalue weighted by atomic mass is 32.1. The molecule has 0 bridgehead atoms. The molecule has 0 saturated carbocycles. The standard InChI is InChI=1S/C22H33N3O3S/c1-5-23-21(25-16-22(4,26)20-9-8-14-29-20)24-13-12-17-10-11-18(27-6-2)19(15-17)28-7-3/h8-11,14-15,26H,5-7,12-13,16H2,1-4H3,(H2,23,24,25). The Hall–Kier alpha value is -2.25. The number of nitrogens with zero attached hydrogens (tertiary/aromatic N) is 1. The maximum atomic E-state index is 10.7. The molecule has 0 aliphatic rings. The lowest BCUT2D eigenvalue weighted by Gasteiger charge is -2.20. The van der Waals surface area contributed by atoms with Gasteiger partial charge in [0, 0.05) is 18.0 Å². The molecular formula is C22H33N3O3S. The van der Waals surface area contributed by atoms with Gasteiger partial charge in [0.05, 0.1) is 19.8 Å². The molecule has 6 nitrogen and oxygen atoms in total. The molecule has 160 valence electrons. The first-order valence-corrected chi connectivity index (χ1v) is 11.0. The van der Waals surface area contributed by atoms with Crippen molar-refractivity contribution < 1.29 is 14.6 Å². The zero-order valence-corrected chi connectivity index (χ0v) is 18.6. The molecule has 1 aromatic heterocycles. The van der Waals surface area contributed by atoms with Gasteiger partial charge in [0.15, 0.2) is 17.5 Å². The quantitative estimate of drug-likeness (QED) is 0.384. The fourth-order valence-corrected chi connectivity index (χ4v) is 3.59. The highest BCUT2D eigenvalue weighted by Crippen LogP contribution is 2.28. The number of hydrogen-bond donors (Lipinski definition) is 3. The highest BCUT2D eigenvalue weighted by Gasteiger charge is 2.23. The number of benzene rings is 1. The highest BCUT2D eigenvalue weighted by molar-refractivity contribution is 7.10. The Balaban J connectivity index is 1.95. The summed E-state index contributed by atoms with van der Waals surface area (Å²) >= 11 is 1.54. The van der Waals surface area contributed by atoms with Crippen molar-refractivity contribution in [1.29, 1.82) is 0 Å². The summed E-state index contributed by atoms with van der Waals surface area (Å²) in [7, 11) is 0. The lowest BCUT2D eigenvalue weighted by atomic mass is 10.1. The molecule has 7 heteroatoms. The smallest absolute Gasteiger partial charge is 0.191 e. The Labute approximate surface area is 178 Å². The van der Waals surface area contributed by atoms with Gasteiger partial charge >= 0.3 is 0 Å². The monoisotopic (exact) mass is 419 g/mol. The van der Waals surface area contributed by atoms with Crippen molar-refractivity contribution in [3.05, 3.63) is 46.2 Å². The maximum Gasteiger partial charge on any atom is 0.191 e.